The SMILES string of the molecule is C=Cc1ccc(C(=N)C2CCCCCC2)cc1. The molecule has 0 spiro atoms. The van der Waals surface area contributed by atoms with Crippen LogP contribution in [0.3, 0.4) is 0 Å². The Kier molecular flexibility index (Phi) is 4.13. The molecule has 90 valence electrons. The van der Waals surface area contributed by atoms with E-state index in [-0.39, 0.29) is 0 Å². The molecule has 17 heavy (non-hydrogen) atoms. The largest absolute Gasteiger partial charge is 0.304 e. The number of hydrogen-bond donors (Lipinski definition) is 1. The second-order valence-corrected chi connectivity index (χ2v) is 4.93. The van der Waals surface area contributed by atoms with Gasteiger partial charge in [0.1, 0.15) is 0 Å². The van der Waals surface area contributed by atoms with Crippen molar-refractivity contribution in [2.45, 2.75) is 38.5 Å². The van der Waals surface area contributed by atoms with Gasteiger partial charge >= 0.3 is 0 Å². The molecule has 0 amide bonds. The highest BCUT2D eigenvalue weighted by molar-refractivity contribution is 6.00. The van der Waals surface area contributed by atoms with Gasteiger partial charge in [0.2, 0.25) is 0 Å². The maximum Gasteiger partial charge on any atom is 0.0417 e. The van der Waals surface area contributed by atoms with E-state index in [4.69, 9.17) is 5.41 Å². The predicted octanol–water partition coefficient (Wildman–Crippen LogP) is 4.67. The van der Waals surface area contributed by atoms with E-state index < -0.39 is 0 Å². The molecule has 0 bridgehead atoms. The molecule has 0 unspecified atom stereocenters. The zero-order valence-electron chi connectivity index (χ0n) is 10.4. The van der Waals surface area contributed by atoms with Gasteiger partial charge in [-0.2, -0.15) is 0 Å². The monoisotopic (exact) mass is 227 g/mol. The molecule has 1 N–H and O–H groups in total. The summed E-state index contributed by atoms with van der Waals surface area (Å²) in [6.07, 6.45) is 9.51. The molecule has 0 atom stereocenters. The van der Waals surface area contributed by atoms with Crippen LogP contribution in [0.4, 0.5) is 0 Å². The highest BCUT2D eigenvalue weighted by Gasteiger charge is 2.17. The van der Waals surface area contributed by atoms with Gasteiger partial charge in [0.25, 0.3) is 0 Å². The fourth-order valence-corrected chi connectivity index (χ4v) is 2.60. The fourth-order valence-electron chi connectivity index (χ4n) is 2.60. The van der Waals surface area contributed by atoms with E-state index in [1.165, 1.54) is 38.5 Å². The molecule has 1 nitrogen and oxygen atoms in total. The molecule has 1 heteroatoms. The Balaban J connectivity index is 2.09. The van der Waals surface area contributed by atoms with Crippen molar-refractivity contribution < 1.29 is 0 Å². The molecule has 1 aromatic rings. The minimum atomic E-state index is 0.479. The zero-order valence-corrected chi connectivity index (χ0v) is 10.4. The lowest BCUT2D eigenvalue weighted by molar-refractivity contribution is 0.589. The van der Waals surface area contributed by atoms with Crippen LogP contribution in [0, 0.1) is 11.3 Å². The van der Waals surface area contributed by atoms with Crippen LogP contribution in [-0.4, -0.2) is 5.71 Å². The minimum Gasteiger partial charge on any atom is -0.304 e. The third kappa shape index (κ3) is 3.06. The number of hydrogen-bond acceptors (Lipinski definition) is 1. The normalized spacial score (nSPS) is 17.4. The smallest absolute Gasteiger partial charge is 0.0417 e. The van der Waals surface area contributed by atoms with Crippen molar-refractivity contribution in [2.24, 2.45) is 5.92 Å². The van der Waals surface area contributed by atoms with Crippen molar-refractivity contribution in [3.05, 3.63) is 42.0 Å². The van der Waals surface area contributed by atoms with Crippen molar-refractivity contribution in [1.29, 1.82) is 5.41 Å². The quantitative estimate of drug-likeness (QED) is 0.573. The van der Waals surface area contributed by atoms with Crippen LogP contribution in [0.1, 0.15) is 49.7 Å². The summed E-state index contributed by atoms with van der Waals surface area (Å²) in [5.74, 6) is 0.479. The maximum atomic E-state index is 8.32. The summed E-state index contributed by atoms with van der Waals surface area (Å²) in [6.45, 7) is 3.75. The second kappa shape index (κ2) is 5.81. The first kappa shape index (κ1) is 12.1. The summed E-state index contributed by atoms with van der Waals surface area (Å²) in [5, 5.41) is 8.32. The first-order valence-corrected chi connectivity index (χ1v) is 6.62. The van der Waals surface area contributed by atoms with Crippen LogP contribution < -0.4 is 0 Å². The predicted molar refractivity (Wildman–Crippen MR) is 74.6 cm³/mol. The van der Waals surface area contributed by atoms with Crippen LogP contribution in [0.15, 0.2) is 30.8 Å². The van der Waals surface area contributed by atoms with E-state index in [0.717, 1.165) is 16.8 Å². The number of rotatable bonds is 3. The number of nitrogens with one attached hydrogen (secondary N) is 1. The van der Waals surface area contributed by atoms with Crippen LogP contribution in [0.5, 0.6) is 0 Å². The van der Waals surface area contributed by atoms with Crippen molar-refractivity contribution in [1.82, 2.24) is 0 Å². The highest BCUT2D eigenvalue weighted by Crippen LogP contribution is 2.26. The molecule has 1 aromatic carbocycles. The van der Waals surface area contributed by atoms with Crippen molar-refractivity contribution >= 4 is 11.8 Å². The highest BCUT2D eigenvalue weighted by atomic mass is 14.5. The molecule has 1 aliphatic carbocycles. The molecule has 2 rings (SSSR count). The summed E-state index contributed by atoms with van der Waals surface area (Å²) in [7, 11) is 0. The fraction of sp³-hybridized carbons (Fsp3) is 0.438. The topological polar surface area (TPSA) is 23.9 Å². The van der Waals surface area contributed by atoms with Gasteiger partial charge in [-0.15, -0.1) is 0 Å². The van der Waals surface area contributed by atoms with Gasteiger partial charge in [0.05, 0.1) is 0 Å². The van der Waals surface area contributed by atoms with E-state index in [9.17, 15) is 0 Å². The molecule has 0 aliphatic heterocycles. The lowest BCUT2D eigenvalue weighted by atomic mass is 9.90. The number of benzene rings is 1. The Morgan fingerprint density at radius 3 is 2.18 bits per heavy atom. The molecule has 1 saturated carbocycles. The maximum absolute atomic E-state index is 8.32. The van der Waals surface area contributed by atoms with Gasteiger partial charge in [0.15, 0.2) is 0 Å². The van der Waals surface area contributed by atoms with E-state index >= 15 is 0 Å². The Morgan fingerprint density at radius 2 is 1.65 bits per heavy atom. The summed E-state index contributed by atoms with van der Waals surface area (Å²) in [4.78, 5) is 0. The van der Waals surface area contributed by atoms with E-state index in [1.54, 1.807) is 0 Å². The van der Waals surface area contributed by atoms with Gasteiger partial charge in [-0.25, -0.2) is 0 Å². The third-order valence-corrected chi connectivity index (χ3v) is 3.72. The molecule has 1 aliphatic rings. The molecule has 0 saturated heterocycles. The Hall–Kier alpha value is -1.37. The van der Waals surface area contributed by atoms with Crippen molar-refractivity contribution in [3.63, 3.8) is 0 Å². The molecular weight excluding hydrogens is 206 g/mol. The van der Waals surface area contributed by atoms with Crippen molar-refractivity contribution in [2.75, 3.05) is 0 Å². The molecular formula is C16H21N. The van der Waals surface area contributed by atoms with Crippen LogP contribution in [0.2, 0.25) is 0 Å². The van der Waals surface area contributed by atoms with E-state index in [2.05, 4.69) is 18.7 Å². The summed E-state index contributed by atoms with van der Waals surface area (Å²) in [5.41, 5.74) is 3.05. The third-order valence-electron chi connectivity index (χ3n) is 3.72. The minimum absolute atomic E-state index is 0.479. The van der Waals surface area contributed by atoms with Gasteiger partial charge in [0, 0.05) is 11.6 Å². The van der Waals surface area contributed by atoms with Crippen LogP contribution >= 0.6 is 0 Å². The summed E-state index contributed by atoms with van der Waals surface area (Å²) < 4.78 is 0. The van der Waals surface area contributed by atoms with Crippen LogP contribution in [0.25, 0.3) is 6.08 Å². The molecule has 1 fully saturated rings. The summed E-state index contributed by atoms with van der Waals surface area (Å²) in [6, 6.07) is 8.22. The van der Waals surface area contributed by atoms with Gasteiger partial charge in [-0.3, -0.25) is 0 Å². The summed E-state index contributed by atoms with van der Waals surface area (Å²) >= 11 is 0. The average Bonchev–Trinajstić information content (AvgIpc) is 2.67. The van der Waals surface area contributed by atoms with Gasteiger partial charge < -0.3 is 5.41 Å². The average molecular weight is 227 g/mol. The van der Waals surface area contributed by atoms with E-state index in [0.29, 0.717) is 5.92 Å². The molecule has 0 radical (unpaired) electrons. The Morgan fingerprint density at radius 1 is 1.06 bits per heavy atom. The van der Waals surface area contributed by atoms with E-state index in [1.807, 2.05) is 18.2 Å². The Bertz CT molecular complexity index is 380. The first-order chi connectivity index (χ1) is 8.31. The van der Waals surface area contributed by atoms with Gasteiger partial charge in [-0.1, -0.05) is 62.6 Å². The molecule has 0 heterocycles. The standard InChI is InChI=1S/C16H21N/c1-2-13-9-11-15(12-10-13)16(17)14-7-5-3-4-6-8-14/h2,9-12,14,17H,1,3-8H2. The zero-order chi connectivity index (χ0) is 12.1. The Labute approximate surface area is 104 Å². The van der Waals surface area contributed by atoms with Gasteiger partial charge in [-0.05, 0) is 24.0 Å². The van der Waals surface area contributed by atoms with Crippen molar-refractivity contribution in [3.8, 4) is 0 Å². The second-order valence-electron chi connectivity index (χ2n) is 4.93. The lowest BCUT2D eigenvalue weighted by Crippen LogP contribution is -2.14. The lowest BCUT2D eigenvalue weighted by Gasteiger charge is -2.15. The molecule has 0 aromatic heterocycles. The van der Waals surface area contributed by atoms with Crippen LogP contribution in [-0.2, 0) is 0 Å². The first-order valence-electron chi connectivity index (χ1n) is 6.62.